The van der Waals surface area contributed by atoms with E-state index in [1.54, 1.807) is 6.07 Å². The van der Waals surface area contributed by atoms with Crippen molar-refractivity contribution < 1.29 is 22.7 Å². The molecule has 0 atom stereocenters. The third-order valence-corrected chi connectivity index (χ3v) is 6.87. The molecular formula is C22H27N3O5S. The van der Waals surface area contributed by atoms with Crippen LogP contribution in [0.5, 0.6) is 11.5 Å². The third-order valence-electron chi connectivity index (χ3n) is 5.42. The van der Waals surface area contributed by atoms with Gasteiger partial charge >= 0.3 is 0 Å². The van der Waals surface area contributed by atoms with E-state index in [-0.39, 0.29) is 23.8 Å². The smallest absolute Gasteiger partial charge is 0.240 e. The van der Waals surface area contributed by atoms with Crippen molar-refractivity contribution >= 4 is 27.3 Å². The molecule has 0 unspecified atom stereocenters. The maximum atomic E-state index is 12.6. The fourth-order valence-corrected chi connectivity index (χ4v) is 4.82. The lowest BCUT2D eigenvalue weighted by atomic mass is 10.1. The van der Waals surface area contributed by atoms with Crippen LogP contribution in [0.25, 0.3) is 0 Å². The lowest BCUT2D eigenvalue weighted by Gasteiger charge is -2.17. The van der Waals surface area contributed by atoms with Gasteiger partial charge in [-0.25, -0.2) is 13.1 Å². The van der Waals surface area contributed by atoms with Crippen molar-refractivity contribution in [3.63, 3.8) is 0 Å². The van der Waals surface area contributed by atoms with Crippen molar-refractivity contribution in [3.05, 3.63) is 42.0 Å². The van der Waals surface area contributed by atoms with Crippen LogP contribution in [0.4, 0.5) is 11.4 Å². The van der Waals surface area contributed by atoms with Gasteiger partial charge in [-0.2, -0.15) is 0 Å². The molecule has 0 saturated heterocycles. The molecule has 0 fully saturated rings. The summed E-state index contributed by atoms with van der Waals surface area (Å²) in [5, 5.41) is 2.85. The maximum absolute atomic E-state index is 12.6. The molecule has 2 heterocycles. The van der Waals surface area contributed by atoms with Crippen molar-refractivity contribution in [1.29, 1.82) is 0 Å². The molecule has 0 aromatic heterocycles. The number of amides is 1. The van der Waals surface area contributed by atoms with Crippen LogP contribution in [0.2, 0.25) is 0 Å². The number of sulfonamides is 1. The highest BCUT2D eigenvalue weighted by atomic mass is 32.2. The Morgan fingerprint density at radius 2 is 1.90 bits per heavy atom. The number of benzene rings is 2. The first kappa shape index (κ1) is 21.5. The molecule has 0 radical (unpaired) electrons. The van der Waals surface area contributed by atoms with Crippen LogP contribution in [-0.4, -0.2) is 47.2 Å². The SMILES string of the molecule is CCN1CCc2ccc(NC(=O)CCNS(=O)(=O)c3ccc4c(c3)OCCCO4)cc21. The zero-order valence-electron chi connectivity index (χ0n) is 17.5. The molecule has 2 aliphatic heterocycles. The molecule has 0 aliphatic carbocycles. The van der Waals surface area contributed by atoms with Gasteiger partial charge in [-0.15, -0.1) is 0 Å². The Kier molecular flexibility index (Phi) is 6.33. The summed E-state index contributed by atoms with van der Waals surface area (Å²) in [4.78, 5) is 14.7. The highest BCUT2D eigenvalue weighted by molar-refractivity contribution is 7.89. The number of nitrogens with zero attached hydrogens (tertiary/aromatic N) is 1. The Morgan fingerprint density at radius 1 is 1.10 bits per heavy atom. The van der Waals surface area contributed by atoms with E-state index in [0.29, 0.717) is 24.7 Å². The van der Waals surface area contributed by atoms with Gasteiger partial charge in [0.2, 0.25) is 15.9 Å². The minimum absolute atomic E-state index is 0.00532. The number of rotatable bonds is 7. The van der Waals surface area contributed by atoms with Gasteiger partial charge in [0.15, 0.2) is 11.5 Å². The minimum atomic E-state index is -3.77. The number of carbonyl (C=O) groups excluding carboxylic acids is 1. The molecule has 2 N–H and O–H groups in total. The fourth-order valence-electron chi connectivity index (χ4n) is 3.77. The number of ether oxygens (including phenoxy) is 2. The highest BCUT2D eigenvalue weighted by Gasteiger charge is 2.20. The first-order chi connectivity index (χ1) is 15.0. The Hall–Kier alpha value is -2.78. The molecular weight excluding hydrogens is 418 g/mol. The topological polar surface area (TPSA) is 97.0 Å². The number of hydrogen-bond donors (Lipinski definition) is 2. The van der Waals surface area contributed by atoms with Crippen molar-refractivity contribution in [2.24, 2.45) is 0 Å². The van der Waals surface area contributed by atoms with Crippen molar-refractivity contribution in [2.45, 2.75) is 31.1 Å². The molecule has 0 saturated carbocycles. The van der Waals surface area contributed by atoms with Crippen molar-refractivity contribution in [1.82, 2.24) is 4.72 Å². The predicted octanol–water partition coefficient (Wildman–Crippen LogP) is 2.54. The molecule has 8 nitrogen and oxygen atoms in total. The van der Waals surface area contributed by atoms with Gasteiger partial charge < -0.3 is 19.7 Å². The largest absolute Gasteiger partial charge is 0.490 e. The summed E-state index contributed by atoms with van der Waals surface area (Å²) in [6.07, 6.45) is 1.78. The second-order valence-electron chi connectivity index (χ2n) is 7.53. The normalized spacial score (nSPS) is 15.3. The number of anilines is 2. The van der Waals surface area contributed by atoms with Crippen LogP contribution in [0.15, 0.2) is 41.3 Å². The monoisotopic (exact) mass is 445 g/mol. The first-order valence-electron chi connectivity index (χ1n) is 10.5. The summed E-state index contributed by atoms with van der Waals surface area (Å²) in [7, 11) is -3.77. The van der Waals surface area contributed by atoms with E-state index in [2.05, 4.69) is 21.9 Å². The summed E-state index contributed by atoms with van der Waals surface area (Å²) < 4.78 is 38.8. The quantitative estimate of drug-likeness (QED) is 0.680. The Bertz CT molecular complexity index is 1070. The van der Waals surface area contributed by atoms with Gasteiger partial charge in [0, 0.05) is 49.9 Å². The summed E-state index contributed by atoms with van der Waals surface area (Å²) in [6.45, 7) is 5.03. The Labute approximate surface area is 182 Å². The number of carbonyl (C=O) groups is 1. The van der Waals surface area contributed by atoms with Crippen LogP contribution < -0.4 is 24.4 Å². The van der Waals surface area contributed by atoms with Crippen molar-refractivity contribution in [2.75, 3.05) is 43.1 Å². The van der Waals surface area contributed by atoms with Gasteiger partial charge in [-0.05, 0) is 43.2 Å². The van der Waals surface area contributed by atoms with Gasteiger partial charge in [-0.1, -0.05) is 6.07 Å². The number of fused-ring (bicyclic) bond motifs is 2. The lowest BCUT2D eigenvalue weighted by molar-refractivity contribution is -0.116. The second-order valence-corrected chi connectivity index (χ2v) is 9.30. The standard InChI is InChI=1S/C22H27N3O5S/c1-2-25-11-9-16-4-5-17(14-19(16)25)24-22(26)8-10-23-31(27,28)18-6-7-20-21(15-18)30-13-3-12-29-20/h4-7,14-15,23H,2-3,8-13H2,1H3,(H,24,26). The van der Waals surface area contributed by atoms with Crippen LogP contribution in [0.1, 0.15) is 25.3 Å². The summed E-state index contributed by atoms with van der Waals surface area (Å²) in [5.74, 6) is 0.699. The molecule has 2 aliphatic rings. The Morgan fingerprint density at radius 3 is 2.71 bits per heavy atom. The van der Waals surface area contributed by atoms with E-state index in [9.17, 15) is 13.2 Å². The molecule has 2 aromatic carbocycles. The number of hydrogen-bond acceptors (Lipinski definition) is 6. The number of likely N-dealkylation sites (N-methyl/N-ethyl adjacent to an activating group) is 1. The van der Waals surface area contributed by atoms with Gasteiger partial charge in [0.25, 0.3) is 0 Å². The Balaban J connectivity index is 1.33. The van der Waals surface area contributed by atoms with Crippen molar-refractivity contribution in [3.8, 4) is 11.5 Å². The van der Waals surface area contributed by atoms with Gasteiger partial charge in [0.1, 0.15) is 0 Å². The van der Waals surface area contributed by atoms with Crippen LogP contribution in [-0.2, 0) is 21.2 Å². The molecule has 0 spiro atoms. The zero-order chi connectivity index (χ0) is 21.8. The maximum Gasteiger partial charge on any atom is 0.240 e. The lowest BCUT2D eigenvalue weighted by Crippen LogP contribution is -2.28. The van der Waals surface area contributed by atoms with E-state index in [4.69, 9.17) is 9.47 Å². The molecule has 1 amide bonds. The molecule has 9 heteroatoms. The van der Waals surface area contributed by atoms with Crippen LogP contribution in [0, 0.1) is 0 Å². The van der Waals surface area contributed by atoms with E-state index in [0.717, 1.165) is 37.3 Å². The van der Waals surface area contributed by atoms with E-state index >= 15 is 0 Å². The summed E-state index contributed by atoms with van der Waals surface area (Å²) in [5.41, 5.74) is 3.15. The fraction of sp³-hybridized carbons (Fsp3) is 0.409. The number of nitrogens with one attached hydrogen (secondary N) is 2. The van der Waals surface area contributed by atoms with E-state index < -0.39 is 10.0 Å². The average molecular weight is 446 g/mol. The summed E-state index contributed by atoms with van der Waals surface area (Å²) >= 11 is 0. The molecule has 166 valence electrons. The van der Waals surface area contributed by atoms with Crippen LogP contribution in [0.3, 0.4) is 0 Å². The molecule has 0 bridgehead atoms. The third kappa shape index (κ3) is 4.94. The second kappa shape index (κ2) is 9.15. The van der Waals surface area contributed by atoms with E-state index in [1.165, 1.54) is 17.7 Å². The first-order valence-corrected chi connectivity index (χ1v) is 12.0. The summed E-state index contributed by atoms with van der Waals surface area (Å²) in [6, 6.07) is 10.4. The molecule has 31 heavy (non-hydrogen) atoms. The zero-order valence-corrected chi connectivity index (χ0v) is 18.3. The minimum Gasteiger partial charge on any atom is -0.490 e. The van der Waals surface area contributed by atoms with E-state index in [1.807, 2.05) is 18.2 Å². The predicted molar refractivity (Wildman–Crippen MR) is 119 cm³/mol. The van der Waals surface area contributed by atoms with Crippen LogP contribution >= 0.6 is 0 Å². The average Bonchev–Trinajstić information content (AvgIpc) is 3.00. The highest BCUT2D eigenvalue weighted by Crippen LogP contribution is 2.32. The van der Waals surface area contributed by atoms with Gasteiger partial charge in [0.05, 0.1) is 18.1 Å². The molecule has 2 aromatic rings. The molecule has 4 rings (SSSR count). The van der Waals surface area contributed by atoms with Gasteiger partial charge in [-0.3, -0.25) is 4.79 Å².